The molecule has 24 heavy (non-hydrogen) atoms. The minimum atomic E-state index is -0.448. The van der Waals surface area contributed by atoms with Gasteiger partial charge in [0.1, 0.15) is 5.60 Å². The second-order valence-electron chi connectivity index (χ2n) is 8.17. The number of hydrogen-bond donors (Lipinski definition) is 3. The lowest BCUT2D eigenvalue weighted by molar-refractivity contribution is 0.0520. The first-order chi connectivity index (χ1) is 11.3. The Bertz CT molecular complexity index is 349. The summed E-state index contributed by atoms with van der Waals surface area (Å²) in [5.41, 5.74) is -0.448. The van der Waals surface area contributed by atoms with Gasteiger partial charge < -0.3 is 20.7 Å². The van der Waals surface area contributed by atoms with Gasteiger partial charge in [-0.3, -0.25) is 0 Å². The summed E-state index contributed by atoms with van der Waals surface area (Å²) in [6, 6.07) is 1.38. The van der Waals surface area contributed by atoms with Crippen molar-refractivity contribution in [3.8, 4) is 0 Å². The largest absolute Gasteiger partial charge is 0.444 e. The van der Waals surface area contributed by atoms with E-state index in [0.29, 0.717) is 24.7 Å². The number of alkyl carbamates (subject to hydrolysis) is 1. The molecule has 1 rings (SSSR count). The molecule has 1 saturated heterocycles. The predicted octanol–water partition coefficient (Wildman–Crippen LogP) is 3.58. The number of piperidine rings is 1. The van der Waals surface area contributed by atoms with Gasteiger partial charge in [-0.1, -0.05) is 26.2 Å². The van der Waals surface area contributed by atoms with Crippen LogP contribution >= 0.6 is 0 Å². The molecule has 3 atom stereocenters. The number of hydrogen-bond acceptors (Lipinski definition) is 4. The average Bonchev–Trinajstić information content (AvgIpc) is 2.49. The highest BCUT2D eigenvalue weighted by molar-refractivity contribution is 5.67. The van der Waals surface area contributed by atoms with Crippen molar-refractivity contribution in [3.05, 3.63) is 0 Å². The lowest BCUT2D eigenvalue weighted by atomic mass is 9.98. The molecule has 1 aliphatic rings. The van der Waals surface area contributed by atoms with Crippen molar-refractivity contribution in [2.45, 2.75) is 103 Å². The van der Waals surface area contributed by atoms with Crippen molar-refractivity contribution in [3.63, 3.8) is 0 Å². The van der Waals surface area contributed by atoms with Gasteiger partial charge >= 0.3 is 6.09 Å². The zero-order chi connectivity index (χ0) is 18.0. The number of carbonyl (C=O) groups is 1. The first-order valence-electron chi connectivity index (χ1n) is 9.76. The molecule has 142 valence electrons. The van der Waals surface area contributed by atoms with Crippen LogP contribution in [0.3, 0.4) is 0 Å². The molecule has 0 spiro atoms. The normalized spacial score (nSPS) is 21.1. The number of unbranched alkanes of at least 4 members (excludes halogenated alkanes) is 1. The van der Waals surface area contributed by atoms with Crippen molar-refractivity contribution in [1.29, 1.82) is 0 Å². The summed E-state index contributed by atoms with van der Waals surface area (Å²) in [7, 11) is 0. The van der Waals surface area contributed by atoms with Crippen LogP contribution in [0.4, 0.5) is 4.79 Å². The van der Waals surface area contributed by atoms with E-state index in [0.717, 1.165) is 19.4 Å². The lowest BCUT2D eigenvalue weighted by Gasteiger charge is -2.29. The standard InChI is InChI=1S/C19H39N3O2/c1-6-7-10-17(14-21-18(23)24-19(3,4)5)22-15(2)13-16-11-8-9-12-20-16/h15-17,20,22H,6-14H2,1-5H3,(H,21,23). The zero-order valence-corrected chi connectivity index (χ0v) is 16.4. The van der Waals surface area contributed by atoms with E-state index in [-0.39, 0.29) is 6.09 Å². The van der Waals surface area contributed by atoms with E-state index in [2.05, 4.69) is 29.8 Å². The van der Waals surface area contributed by atoms with Crippen LogP contribution in [0.5, 0.6) is 0 Å². The van der Waals surface area contributed by atoms with Gasteiger partial charge in [-0.15, -0.1) is 0 Å². The Hall–Kier alpha value is -0.810. The molecule has 1 amide bonds. The predicted molar refractivity (Wildman–Crippen MR) is 100 cm³/mol. The molecule has 0 aliphatic carbocycles. The molecule has 0 aromatic heterocycles. The summed E-state index contributed by atoms with van der Waals surface area (Å²) >= 11 is 0. The molecule has 0 radical (unpaired) electrons. The van der Waals surface area contributed by atoms with E-state index in [1.165, 1.54) is 32.1 Å². The second kappa shape index (κ2) is 10.9. The molecular formula is C19H39N3O2. The van der Waals surface area contributed by atoms with Gasteiger partial charge in [0, 0.05) is 24.7 Å². The molecule has 5 heteroatoms. The molecule has 3 unspecified atom stereocenters. The quantitative estimate of drug-likeness (QED) is 0.600. The van der Waals surface area contributed by atoms with E-state index >= 15 is 0 Å². The molecule has 3 N–H and O–H groups in total. The van der Waals surface area contributed by atoms with Gasteiger partial charge in [0.15, 0.2) is 0 Å². The summed E-state index contributed by atoms with van der Waals surface area (Å²) in [6.07, 6.45) is 8.16. The molecule has 1 fully saturated rings. The number of carbonyl (C=O) groups excluding carboxylic acids is 1. The molecule has 1 aliphatic heterocycles. The Balaban J connectivity index is 2.38. The fourth-order valence-corrected chi connectivity index (χ4v) is 3.24. The maximum Gasteiger partial charge on any atom is 0.407 e. The van der Waals surface area contributed by atoms with E-state index in [9.17, 15) is 4.79 Å². The molecule has 5 nitrogen and oxygen atoms in total. The van der Waals surface area contributed by atoms with Crippen LogP contribution in [0.1, 0.15) is 79.6 Å². The topological polar surface area (TPSA) is 62.4 Å². The summed E-state index contributed by atoms with van der Waals surface area (Å²) in [5, 5.41) is 10.2. The van der Waals surface area contributed by atoms with Gasteiger partial charge in [-0.05, 0) is 59.9 Å². The third-order valence-corrected chi connectivity index (χ3v) is 4.37. The Morgan fingerprint density at radius 1 is 1.33 bits per heavy atom. The van der Waals surface area contributed by atoms with Crippen LogP contribution in [-0.2, 0) is 4.74 Å². The van der Waals surface area contributed by atoms with E-state index in [1.54, 1.807) is 0 Å². The van der Waals surface area contributed by atoms with E-state index in [4.69, 9.17) is 4.74 Å². The Kier molecular flexibility index (Phi) is 9.67. The van der Waals surface area contributed by atoms with Gasteiger partial charge in [0.05, 0.1) is 0 Å². The Labute approximate surface area is 148 Å². The summed E-state index contributed by atoms with van der Waals surface area (Å²) in [4.78, 5) is 11.9. The van der Waals surface area contributed by atoms with Crippen LogP contribution in [0.2, 0.25) is 0 Å². The monoisotopic (exact) mass is 341 g/mol. The first-order valence-corrected chi connectivity index (χ1v) is 9.76. The number of nitrogens with one attached hydrogen (secondary N) is 3. The SMILES string of the molecule is CCCCC(CNC(=O)OC(C)(C)C)NC(C)CC1CCCCN1. The first kappa shape index (κ1) is 21.2. The zero-order valence-electron chi connectivity index (χ0n) is 16.4. The van der Waals surface area contributed by atoms with Crippen LogP contribution in [-0.4, -0.2) is 42.9 Å². The molecule has 0 aromatic rings. The summed E-state index contributed by atoms with van der Waals surface area (Å²) < 4.78 is 5.33. The maximum atomic E-state index is 11.9. The Morgan fingerprint density at radius 2 is 2.08 bits per heavy atom. The highest BCUT2D eigenvalue weighted by Crippen LogP contribution is 2.13. The van der Waals surface area contributed by atoms with Gasteiger partial charge in [0.2, 0.25) is 0 Å². The Morgan fingerprint density at radius 3 is 2.67 bits per heavy atom. The minimum absolute atomic E-state index is 0.302. The lowest BCUT2D eigenvalue weighted by Crippen LogP contribution is -2.48. The molecule has 0 saturated carbocycles. The van der Waals surface area contributed by atoms with Gasteiger partial charge in [-0.25, -0.2) is 4.79 Å². The highest BCUT2D eigenvalue weighted by Gasteiger charge is 2.20. The van der Waals surface area contributed by atoms with Gasteiger partial charge in [0.25, 0.3) is 0 Å². The van der Waals surface area contributed by atoms with Crippen molar-refractivity contribution in [1.82, 2.24) is 16.0 Å². The van der Waals surface area contributed by atoms with Gasteiger partial charge in [-0.2, -0.15) is 0 Å². The number of rotatable bonds is 9. The molecule has 1 heterocycles. The fraction of sp³-hybridized carbons (Fsp3) is 0.947. The average molecular weight is 342 g/mol. The fourth-order valence-electron chi connectivity index (χ4n) is 3.24. The second-order valence-corrected chi connectivity index (χ2v) is 8.17. The van der Waals surface area contributed by atoms with Crippen molar-refractivity contribution in [2.24, 2.45) is 0 Å². The van der Waals surface area contributed by atoms with Crippen LogP contribution in [0, 0.1) is 0 Å². The van der Waals surface area contributed by atoms with Crippen molar-refractivity contribution in [2.75, 3.05) is 13.1 Å². The summed E-state index contributed by atoms with van der Waals surface area (Å²) in [6.45, 7) is 11.9. The van der Waals surface area contributed by atoms with Crippen molar-refractivity contribution < 1.29 is 9.53 Å². The van der Waals surface area contributed by atoms with Crippen LogP contribution < -0.4 is 16.0 Å². The number of ether oxygens (including phenoxy) is 1. The molecule has 0 bridgehead atoms. The minimum Gasteiger partial charge on any atom is -0.444 e. The van der Waals surface area contributed by atoms with Crippen LogP contribution in [0.15, 0.2) is 0 Å². The van der Waals surface area contributed by atoms with E-state index in [1.807, 2.05) is 20.8 Å². The third kappa shape index (κ3) is 10.1. The number of amides is 1. The molecule has 0 aromatic carbocycles. The van der Waals surface area contributed by atoms with E-state index < -0.39 is 5.60 Å². The summed E-state index contributed by atoms with van der Waals surface area (Å²) in [5.74, 6) is 0. The van der Waals surface area contributed by atoms with Crippen molar-refractivity contribution >= 4 is 6.09 Å². The molecular weight excluding hydrogens is 302 g/mol. The maximum absolute atomic E-state index is 11.9. The third-order valence-electron chi connectivity index (χ3n) is 4.37. The highest BCUT2D eigenvalue weighted by atomic mass is 16.6. The smallest absolute Gasteiger partial charge is 0.407 e. The van der Waals surface area contributed by atoms with Crippen LogP contribution in [0.25, 0.3) is 0 Å².